The van der Waals surface area contributed by atoms with Gasteiger partial charge in [-0.1, -0.05) is 0 Å². The molecule has 0 spiro atoms. The summed E-state index contributed by atoms with van der Waals surface area (Å²) in [6.07, 6.45) is -7.49. The smallest absolute Gasteiger partial charge is 0.435 e. The zero-order chi connectivity index (χ0) is 16.9. The SMILES string of the molecule is O=C1OCC(Oc2c(F)c(F)c(F)c(F)c2F)(C(F)(F)F)O1. The van der Waals surface area contributed by atoms with Gasteiger partial charge in [0, 0.05) is 0 Å². The van der Waals surface area contributed by atoms with E-state index in [1.54, 1.807) is 0 Å². The van der Waals surface area contributed by atoms with E-state index in [9.17, 15) is 39.9 Å². The average Bonchev–Trinajstić information content (AvgIpc) is 2.81. The average molecular weight is 338 g/mol. The predicted octanol–water partition coefficient (Wildman–Crippen LogP) is 3.19. The van der Waals surface area contributed by atoms with Crippen LogP contribution >= 0.6 is 0 Å². The number of benzene rings is 1. The molecule has 12 heteroatoms. The number of alkyl halides is 3. The highest BCUT2D eigenvalue weighted by Gasteiger charge is 2.67. The molecule has 1 aromatic rings. The molecule has 0 N–H and O–H groups in total. The van der Waals surface area contributed by atoms with Crippen LogP contribution in [-0.4, -0.2) is 24.7 Å². The Hall–Kier alpha value is -2.27. The van der Waals surface area contributed by atoms with E-state index < -0.39 is 59.6 Å². The number of carbonyl (C=O) groups excluding carboxylic acids is 1. The van der Waals surface area contributed by atoms with Gasteiger partial charge < -0.3 is 14.2 Å². The number of carbonyl (C=O) groups is 1. The third-order valence-electron chi connectivity index (χ3n) is 2.50. The van der Waals surface area contributed by atoms with Crippen LogP contribution in [0.4, 0.5) is 39.9 Å². The van der Waals surface area contributed by atoms with Gasteiger partial charge in [-0.3, -0.25) is 0 Å². The van der Waals surface area contributed by atoms with Crippen LogP contribution in [0.25, 0.3) is 0 Å². The van der Waals surface area contributed by atoms with E-state index in [0.717, 1.165) is 0 Å². The molecule has 0 radical (unpaired) electrons. The Morgan fingerprint density at radius 3 is 1.73 bits per heavy atom. The maximum Gasteiger partial charge on any atom is 0.512 e. The summed E-state index contributed by atoms with van der Waals surface area (Å²) in [5.41, 5.74) is 0. The molecule has 1 saturated heterocycles. The van der Waals surface area contributed by atoms with Gasteiger partial charge >= 0.3 is 18.1 Å². The standard InChI is InChI=1S/C10H2F8O4/c11-2-3(12)5(14)7(6(15)4(2)13)21-9(10(16,17)18)1-20-8(19)22-9/h1H2. The van der Waals surface area contributed by atoms with Crippen LogP contribution in [0.3, 0.4) is 0 Å². The molecule has 1 aliphatic heterocycles. The molecule has 122 valence electrons. The topological polar surface area (TPSA) is 44.8 Å². The van der Waals surface area contributed by atoms with Crippen LogP contribution in [0.1, 0.15) is 0 Å². The molecule has 2 rings (SSSR count). The van der Waals surface area contributed by atoms with Crippen LogP contribution in [0.15, 0.2) is 0 Å². The molecule has 1 unspecified atom stereocenters. The Bertz CT molecular complexity index is 614. The van der Waals surface area contributed by atoms with Gasteiger partial charge in [-0.2, -0.15) is 22.0 Å². The van der Waals surface area contributed by atoms with E-state index in [0.29, 0.717) is 0 Å². The van der Waals surface area contributed by atoms with Crippen molar-refractivity contribution in [2.75, 3.05) is 6.61 Å². The Morgan fingerprint density at radius 1 is 0.909 bits per heavy atom. The number of cyclic esters (lactones) is 2. The first-order valence-electron chi connectivity index (χ1n) is 5.13. The number of ether oxygens (including phenoxy) is 3. The van der Waals surface area contributed by atoms with Gasteiger partial charge in [-0.05, 0) is 0 Å². The summed E-state index contributed by atoms with van der Waals surface area (Å²) in [7, 11) is 0. The number of halogens is 8. The number of rotatable bonds is 2. The largest absolute Gasteiger partial charge is 0.512 e. The van der Waals surface area contributed by atoms with Gasteiger partial charge in [-0.25, -0.2) is 18.0 Å². The minimum absolute atomic E-state index is 1.70. The van der Waals surface area contributed by atoms with Gasteiger partial charge in [0.05, 0.1) is 0 Å². The van der Waals surface area contributed by atoms with Gasteiger partial charge in [0.1, 0.15) is 0 Å². The summed E-state index contributed by atoms with van der Waals surface area (Å²) in [6, 6.07) is 0. The van der Waals surface area contributed by atoms with E-state index >= 15 is 0 Å². The molecule has 0 amide bonds. The zero-order valence-corrected chi connectivity index (χ0v) is 9.86. The van der Waals surface area contributed by atoms with E-state index in [1.165, 1.54) is 0 Å². The van der Waals surface area contributed by atoms with Crippen molar-refractivity contribution < 1.29 is 54.1 Å². The van der Waals surface area contributed by atoms with Crippen molar-refractivity contribution in [2.45, 2.75) is 12.0 Å². The maximum atomic E-state index is 13.3. The lowest BCUT2D eigenvalue weighted by atomic mass is 10.2. The molecular weight excluding hydrogens is 336 g/mol. The minimum atomic E-state index is -5.58. The molecular formula is C10H2F8O4. The van der Waals surface area contributed by atoms with Gasteiger partial charge in [-0.15, -0.1) is 0 Å². The lowest BCUT2D eigenvalue weighted by Gasteiger charge is -2.28. The molecule has 1 aromatic carbocycles. The summed E-state index contributed by atoms with van der Waals surface area (Å²) in [5.74, 6) is -19.3. The third-order valence-corrected chi connectivity index (χ3v) is 2.50. The molecule has 1 aliphatic rings. The molecule has 22 heavy (non-hydrogen) atoms. The highest BCUT2D eigenvalue weighted by atomic mass is 19.4. The Labute approximate surface area is 115 Å². The van der Waals surface area contributed by atoms with Crippen LogP contribution < -0.4 is 4.74 Å². The zero-order valence-electron chi connectivity index (χ0n) is 9.86. The highest BCUT2D eigenvalue weighted by molar-refractivity contribution is 5.62. The molecule has 1 atom stereocenters. The second-order valence-corrected chi connectivity index (χ2v) is 3.89. The monoisotopic (exact) mass is 338 g/mol. The van der Waals surface area contributed by atoms with Crippen LogP contribution in [0.2, 0.25) is 0 Å². The van der Waals surface area contributed by atoms with Gasteiger partial charge in [0.2, 0.25) is 34.8 Å². The summed E-state index contributed by atoms with van der Waals surface area (Å²) < 4.78 is 115. The first kappa shape index (κ1) is 16.1. The van der Waals surface area contributed by atoms with Crippen LogP contribution in [0.5, 0.6) is 5.75 Å². The lowest BCUT2D eigenvalue weighted by Crippen LogP contribution is -2.53. The quantitative estimate of drug-likeness (QED) is 0.360. The molecule has 0 bridgehead atoms. The normalized spacial score (nSPS) is 21.5. The third kappa shape index (κ3) is 2.27. The second-order valence-electron chi connectivity index (χ2n) is 3.89. The van der Waals surface area contributed by atoms with Crippen molar-refractivity contribution in [3.05, 3.63) is 29.1 Å². The Kier molecular flexibility index (Phi) is 3.57. The summed E-state index contributed by atoms with van der Waals surface area (Å²) >= 11 is 0. The van der Waals surface area contributed by atoms with Gasteiger partial charge in [0.25, 0.3) is 0 Å². The summed E-state index contributed by atoms with van der Waals surface area (Å²) in [6.45, 7) is -1.70. The van der Waals surface area contributed by atoms with Crippen LogP contribution in [-0.2, 0) is 9.47 Å². The Morgan fingerprint density at radius 2 is 1.36 bits per heavy atom. The maximum absolute atomic E-state index is 13.3. The summed E-state index contributed by atoms with van der Waals surface area (Å²) in [4.78, 5) is 10.6. The van der Waals surface area contributed by atoms with Crippen molar-refractivity contribution in [2.24, 2.45) is 0 Å². The second kappa shape index (κ2) is 4.88. The van der Waals surface area contributed by atoms with E-state index in [1.807, 2.05) is 0 Å². The Balaban J connectivity index is 2.56. The fourth-order valence-corrected chi connectivity index (χ4v) is 1.43. The first-order chi connectivity index (χ1) is 10.00. The van der Waals surface area contributed by atoms with Crippen LogP contribution in [0, 0.1) is 29.1 Å². The van der Waals surface area contributed by atoms with E-state index in [4.69, 9.17) is 0 Å². The molecule has 4 nitrogen and oxygen atoms in total. The molecule has 1 heterocycles. The fourth-order valence-electron chi connectivity index (χ4n) is 1.43. The minimum Gasteiger partial charge on any atom is -0.435 e. The molecule has 0 saturated carbocycles. The van der Waals surface area contributed by atoms with Crippen molar-refractivity contribution in [3.63, 3.8) is 0 Å². The van der Waals surface area contributed by atoms with Crippen molar-refractivity contribution in [1.29, 1.82) is 0 Å². The van der Waals surface area contributed by atoms with Crippen molar-refractivity contribution in [3.8, 4) is 5.75 Å². The lowest BCUT2D eigenvalue weighted by molar-refractivity contribution is -0.320. The van der Waals surface area contributed by atoms with Crippen molar-refractivity contribution in [1.82, 2.24) is 0 Å². The highest BCUT2D eigenvalue weighted by Crippen LogP contribution is 2.41. The first-order valence-corrected chi connectivity index (χ1v) is 5.13. The fraction of sp³-hybridized carbons (Fsp3) is 0.300. The molecule has 0 aliphatic carbocycles. The summed E-state index contributed by atoms with van der Waals surface area (Å²) in [5, 5.41) is 0. The predicted molar refractivity (Wildman–Crippen MR) is 48.1 cm³/mol. The number of hydrogen-bond donors (Lipinski definition) is 0. The van der Waals surface area contributed by atoms with Crippen molar-refractivity contribution >= 4 is 6.16 Å². The molecule has 0 aromatic heterocycles. The molecule has 1 fully saturated rings. The van der Waals surface area contributed by atoms with E-state index in [-0.39, 0.29) is 0 Å². The van der Waals surface area contributed by atoms with E-state index in [2.05, 4.69) is 14.2 Å². The number of hydrogen-bond acceptors (Lipinski definition) is 4. The van der Waals surface area contributed by atoms with Gasteiger partial charge in [0.15, 0.2) is 6.61 Å².